The topological polar surface area (TPSA) is 66.5 Å². The molecule has 1 saturated heterocycles. The van der Waals surface area contributed by atoms with Crippen LogP contribution in [0.3, 0.4) is 0 Å². The predicted octanol–water partition coefficient (Wildman–Crippen LogP) is 4.64. The largest absolute Gasteiger partial charge is 0.335 e. The van der Waals surface area contributed by atoms with Gasteiger partial charge < -0.3 is 0 Å². The molecule has 0 spiro atoms. The lowest BCUT2D eigenvalue weighted by atomic mass is 10.0. The zero-order valence-corrected chi connectivity index (χ0v) is 16.7. The van der Waals surface area contributed by atoms with Gasteiger partial charge in [-0.25, -0.2) is 9.69 Å². The lowest BCUT2D eigenvalue weighted by Crippen LogP contribution is -2.54. The van der Waals surface area contributed by atoms with E-state index in [1.807, 2.05) is 74.5 Å². The van der Waals surface area contributed by atoms with Crippen LogP contribution < -0.4 is 10.2 Å². The molecule has 0 atom stereocenters. The zero-order chi connectivity index (χ0) is 21.3. The lowest BCUT2D eigenvalue weighted by molar-refractivity contribution is -0.122. The van der Waals surface area contributed by atoms with E-state index < -0.39 is 17.8 Å². The second kappa shape index (κ2) is 7.79. The van der Waals surface area contributed by atoms with Crippen LogP contribution in [-0.2, 0) is 9.59 Å². The fraction of sp³-hybridized carbons (Fsp3) is 0.0800. The van der Waals surface area contributed by atoms with Gasteiger partial charge >= 0.3 is 6.03 Å². The van der Waals surface area contributed by atoms with E-state index >= 15 is 0 Å². The Balaban J connectivity index is 1.66. The number of benzene rings is 3. The molecule has 3 aromatic rings. The summed E-state index contributed by atoms with van der Waals surface area (Å²) in [6.45, 7) is 3.85. The normalized spacial score (nSPS) is 15.5. The smallest absolute Gasteiger partial charge is 0.273 e. The van der Waals surface area contributed by atoms with Crippen molar-refractivity contribution in [3.05, 3.63) is 95.1 Å². The molecule has 0 saturated carbocycles. The van der Waals surface area contributed by atoms with E-state index in [0.717, 1.165) is 27.2 Å². The van der Waals surface area contributed by atoms with Crippen LogP contribution in [0.4, 0.5) is 10.5 Å². The molecule has 30 heavy (non-hydrogen) atoms. The minimum Gasteiger partial charge on any atom is -0.273 e. The molecule has 3 aromatic carbocycles. The highest BCUT2D eigenvalue weighted by Crippen LogP contribution is 2.25. The Morgan fingerprint density at radius 3 is 2.10 bits per heavy atom. The minimum atomic E-state index is -0.746. The highest BCUT2D eigenvalue weighted by molar-refractivity contribution is 6.39. The number of nitrogens with one attached hydrogen (secondary N) is 1. The van der Waals surface area contributed by atoms with E-state index in [9.17, 15) is 14.4 Å². The molecule has 0 radical (unpaired) electrons. The van der Waals surface area contributed by atoms with Crippen LogP contribution in [0, 0.1) is 13.8 Å². The van der Waals surface area contributed by atoms with Crippen molar-refractivity contribution in [2.75, 3.05) is 4.90 Å². The molecule has 4 amide bonds. The van der Waals surface area contributed by atoms with Crippen LogP contribution in [-0.4, -0.2) is 17.8 Å². The van der Waals surface area contributed by atoms with Crippen LogP contribution >= 0.6 is 0 Å². The number of rotatable bonds is 3. The highest BCUT2D eigenvalue weighted by atomic mass is 16.2. The summed E-state index contributed by atoms with van der Waals surface area (Å²) in [7, 11) is 0. The van der Waals surface area contributed by atoms with Gasteiger partial charge in [0.15, 0.2) is 0 Å². The van der Waals surface area contributed by atoms with Gasteiger partial charge in [-0.1, -0.05) is 60.7 Å². The molecule has 4 rings (SSSR count). The van der Waals surface area contributed by atoms with Crippen LogP contribution in [0.25, 0.3) is 17.2 Å². The quantitative estimate of drug-likeness (QED) is 0.518. The molecule has 1 aliphatic rings. The monoisotopic (exact) mass is 396 g/mol. The molecule has 0 unspecified atom stereocenters. The van der Waals surface area contributed by atoms with Gasteiger partial charge in [-0.05, 0) is 59.9 Å². The van der Waals surface area contributed by atoms with Crippen LogP contribution in [0.15, 0.2) is 78.4 Å². The highest BCUT2D eigenvalue weighted by Gasteiger charge is 2.36. The van der Waals surface area contributed by atoms with Crippen molar-refractivity contribution in [1.82, 2.24) is 5.32 Å². The molecule has 148 valence electrons. The Morgan fingerprint density at radius 1 is 0.767 bits per heavy atom. The van der Waals surface area contributed by atoms with Gasteiger partial charge in [-0.15, -0.1) is 0 Å². The standard InChI is InChI=1S/C25H20N2O3/c1-16-8-13-21(14-17(16)2)27-24(29)22(23(28)26-25(27)30)15-18-9-11-20(12-10-18)19-6-4-3-5-7-19/h3-15H,1-2H3,(H,26,28,30)/b22-15+. The van der Waals surface area contributed by atoms with Gasteiger partial charge in [0.2, 0.25) is 0 Å². The summed E-state index contributed by atoms with van der Waals surface area (Å²) in [4.78, 5) is 38.7. The molecule has 0 aliphatic carbocycles. The number of carbonyl (C=O) groups is 3. The number of hydrogen-bond acceptors (Lipinski definition) is 3. The second-order valence-corrected chi connectivity index (χ2v) is 7.21. The number of anilines is 1. The molecule has 1 aliphatic heterocycles. The van der Waals surface area contributed by atoms with Crippen LogP contribution in [0.1, 0.15) is 16.7 Å². The maximum Gasteiger partial charge on any atom is 0.335 e. The van der Waals surface area contributed by atoms with Crippen molar-refractivity contribution in [2.45, 2.75) is 13.8 Å². The summed E-state index contributed by atoms with van der Waals surface area (Å²) in [5.41, 5.74) is 5.15. The second-order valence-electron chi connectivity index (χ2n) is 7.21. The molecule has 0 aromatic heterocycles. The van der Waals surface area contributed by atoms with Gasteiger partial charge in [0.1, 0.15) is 5.57 Å². The Kier molecular flexibility index (Phi) is 5.02. The number of urea groups is 1. The first kappa shape index (κ1) is 19.3. The van der Waals surface area contributed by atoms with Crippen molar-refractivity contribution in [2.24, 2.45) is 0 Å². The zero-order valence-electron chi connectivity index (χ0n) is 16.7. The van der Waals surface area contributed by atoms with Gasteiger partial charge in [0.25, 0.3) is 11.8 Å². The average molecular weight is 396 g/mol. The maximum atomic E-state index is 13.0. The number of imide groups is 2. The number of barbiturate groups is 1. The van der Waals surface area contributed by atoms with Crippen LogP contribution in [0.5, 0.6) is 0 Å². The predicted molar refractivity (Wildman–Crippen MR) is 117 cm³/mol. The van der Waals surface area contributed by atoms with Gasteiger partial charge in [-0.3, -0.25) is 14.9 Å². The minimum absolute atomic E-state index is 0.0831. The molecular formula is C25H20N2O3. The number of aryl methyl sites for hydroxylation is 2. The summed E-state index contributed by atoms with van der Waals surface area (Å²) in [5, 5.41) is 2.26. The van der Waals surface area contributed by atoms with Gasteiger partial charge in [0.05, 0.1) is 5.69 Å². The van der Waals surface area contributed by atoms with Crippen molar-refractivity contribution in [1.29, 1.82) is 0 Å². The van der Waals surface area contributed by atoms with Crippen LogP contribution in [0.2, 0.25) is 0 Å². The summed E-state index contributed by atoms with van der Waals surface area (Å²) < 4.78 is 0. The van der Waals surface area contributed by atoms with Gasteiger partial charge in [-0.2, -0.15) is 0 Å². The van der Waals surface area contributed by atoms with Crippen molar-refractivity contribution < 1.29 is 14.4 Å². The fourth-order valence-corrected chi connectivity index (χ4v) is 3.33. The molecule has 1 N–H and O–H groups in total. The summed E-state index contributed by atoms with van der Waals surface area (Å²) in [6, 6.07) is 22.0. The Labute approximate surface area is 174 Å². The molecule has 5 heteroatoms. The average Bonchev–Trinajstić information content (AvgIpc) is 2.74. The number of hydrogen-bond donors (Lipinski definition) is 1. The number of amides is 4. The number of carbonyl (C=O) groups excluding carboxylic acids is 3. The van der Waals surface area contributed by atoms with E-state index in [1.54, 1.807) is 12.1 Å². The maximum absolute atomic E-state index is 13.0. The SMILES string of the molecule is Cc1ccc(N2C(=O)NC(=O)/C(=C\c3ccc(-c4ccccc4)cc3)C2=O)cc1C. The first-order chi connectivity index (χ1) is 14.4. The summed E-state index contributed by atoms with van der Waals surface area (Å²) >= 11 is 0. The van der Waals surface area contributed by atoms with E-state index in [2.05, 4.69) is 5.32 Å². The van der Waals surface area contributed by atoms with Crippen molar-refractivity contribution in [3.63, 3.8) is 0 Å². The van der Waals surface area contributed by atoms with Gasteiger partial charge in [0, 0.05) is 0 Å². The third kappa shape index (κ3) is 3.65. The first-order valence-electron chi connectivity index (χ1n) is 9.58. The molecule has 1 heterocycles. The summed E-state index contributed by atoms with van der Waals surface area (Å²) in [5.74, 6) is -1.34. The first-order valence-corrected chi connectivity index (χ1v) is 9.58. The third-order valence-electron chi connectivity index (χ3n) is 5.18. The molecular weight excluding hydrogens is 376 g/mol. The fourth-order valence-electron chi connectivity index (χ4n) is 3.33. The van der Waals surface area contributed by atoms with Crippen molar-refractivity contribution >= 4 is 29.6 Å². The van der Waals surface area contributed by atoms with E-state index in [4.69, 9.17) is 0 Å². The van der Waals surface area contributed by atoms with Crippen molar-refractivity contribution in [3.8, 4) is 11.1 Å². The Bertz CT molecular complexity index is 1180. The lowest BCUT2D eigenvalue weighted by Gasteiger charge is -2.26. The van der Waals surface area contributed by atoms with E-state index in [-0.39, 0.29) is 5.57 Å². The van der Waals surface area contributed by atoms with E-state index in [0.29, 0.717) is 11.3 Å². The molecule has 0 bridgehead atoms. The van der Waals surface area contributed by atoms with E-state index in [1.165, 1.54) is 6.08 Å². The molecule has 5 nitrogen and oxygen atoms in total. The Hall–Kier alpha value is -3.99. The third-order valence-corrected chi connectivity index (χ3v) is 5.18. The summed E-state index contributed by atoms with van der Waals surface area (Å²) in [6.07, 6.45) is 1.51. The molecule has 1 fully saturated rings. The Morgan fingerprint density at radius 2 is 1.43 bits per heavy atom. The number of nitrogens with zero attached hydrogens (tertiary/aromatic N) is 1.